The SMILES string of the molecule is Cc1occc1CN(C)c1nc(N)cn2ccnc12. The van der Waals surface area contributed by atoms with Crippen LogP contribution in [0, 0.1) is 6.92 Å². The Labute approximate surface area is 110 Å². The van der Waals surface area contributed by atoms with Crippen molar-refractivity contribution < 1.29 is 4.42 Å². The number of hydrogen-bond donors (Lipinski definition) is 1. The van der Waals surface area contributed by atoms with Crippen molar-refractivity contribution in [3.8, 4) is 0 Å². The van der Waals surface area contributed by atoms with Crippen LogP contribution in [0.3, 0.4) is 0 Å². The van der Waals surface area contributed by atoms with Gasteiger partial charge < -0.3 is 19.5 Å². The number of anilines is 2. The highest BCUT2D eigenvalue weighted by Gasteiger charge is 2.13. The van der Waals surface area contributed by atoms with Crippen molar-refractivity contribution >= 4 is 17.3 Å². The molecule has 0 aliphatic heterocycles. The topological polar surface area (TPSA) is 72.6 Å². The Morgan fingerprint density at radius 1 is 1.47 bits per heavy atom. The highest BCUT2D eigenvalue weighted by atomic mass is 16.3. The van der Waals surface area contributed by atoms with Gasteiger partial charge in [-0.2, -0.15) is 0 Å². The fourth-order valence-corrected chi connectivity index (χ4v) is 2.10. The molecule has 0 saturated carbocycles. The van der Waals surface area contributed by atoms with Gasteiger partial charge in [0.15, 0.2) is 11.5 Å². The fraction of sp³-hybridized carbons (Fsp3) is 0.231. The average molecular weight is 257 g/mol. The minimum atomic E-state index is 0.469. The van der Waals surface area contributed by atoms with E-state index in [0.717, 1.165) is 22.8 Å². The zero-order valence-corrected chi connectivity index (χ0v) is 10.9. The first kappa shape index (κ1) is 11.6. The molecule has 0 fully saturated rings. The van der Waals surface area contributed by atoms with Gasteiger partial charge in [-0.25, -0.2) is 9.97 Å². The molecule has 0 aromatic carbocycles. The summed E-state index contributed by atoms with van der Waals surface area (Å²) in [5.41, 5.74) is 7.73. The lowest BCUT2D eigenvalue weighted by atomic mass is 10.2. The molecular formula is C13H15N5O. The zero-order valence-electron chi connectivity index (χ0n) is 10.9. The second kappa shape index (κ2) is 4.31. The number of furan rings is 1. The molecule has 6 nitrogen and oxygen atoms in total. The summed E-state index contributed by atoms with van der Waals surface area (Å²) in [6.07, 6.45) is 7.03. The second-order valence-corrected chi connectivity index (χ2v) is 4.51. The van der Waals surface area contributed by atoms with Crippen molar-refractivity contribution in [3.63, 3.8) is 0 Å². The highest BCUT2D eigenvalue weighted by molar-refractivity contribution is 5.66. The molecule has 2 N–H and O–H groups in total. The Balaban J connectivity index is 1.99. The van der Waals surface area contributed by atoms with Crippen LogP contribution in [0.1, 0.15) is 11.3 Å². The molecule has 0 spiro atoms. The van der Waals surface area contributed by atoms with Crippen molar-refractivity contribution in [2.24, 2.45) is 0 Å². The third-order valence-electron chi connectivity index (χ3n) is 3.11. The van der Waals surface area contributed by atoms with Crippen molar-refractivity contribution in [3.05, 3.63) is 42.2 Å². The van der Waals surface area contributed by atoms with Crippen LogP contribution in [-0.4, -0.2) is 21.4 Å². The van der Waals surface area contributed by atoms with Crippen LogP contribution < -0.4 is 10.6 Å². The predicted molar refractivity (Wildman–Crippen MR) is 73.0 cm³/mol. The third-order valence-corrected chi connectivity index (χ3v) is 3.11. The summed E-state index contributed by atoms with van der Waals surface area (Å²) >= 11 is 0. The summed E-state index contributed by atoms with van der Waals surface area (Å²) < 4.78 is 7.18. The fourth-order valence-electron chi connectivity index (χ4n) is 2.10. The van der Waals surface area contributed by atoms with Crippen molar-refractivity contribution in [1.29, 1.82) is 0 Å². The summed E-state index contributed by atoms with van der Waals surface area (Å²) in [4.78, 5) is 10.7. The van der Waals surface area contributed by atoms with Crippen LogP contribution >= 0.6 is 0 Å². The Morgan fingerprint density at radius 2 is 2.32 bits per heavy atom. The molecule has 3 aromatic rings. The minimum Gasteiger partial charge on any atom is -0.469 e. The van der Waals surface area contributed by atoms with E-state index in [1.807, 2.05) is 35.5 Å². The molecule has 6 heteroatoms. The lowest BCUT2D eigenvalue weighted by Gasteiger charge is -2.18. The summed E-state index contributed by atoms with van der Waals surface area (Å²) in [7, 11) is 1.96. The molecule has 19 heavy (non-hydrogen) atoms. The first-order valence-corrected chi connectivity index (χ1v) is 5.98. The van der Waals surface area contributed by atoms with Gasteiger partial charge in [0, 0.05) is 31.5 Å². The second-order valence-electron chi connectivity index (χ2n) is 4.51. The molecular weight excluding hydrogens is 242 g/mol. The van der Waals surface area contributed by atoms with Gasteiger partial charge in [0.25, 0.3) is 0 Å². The molecule has 3 aromatic heterocycles. The van der Waals surface area contributed by atoms with E-state index in [0.29, 0.717) is 12.4 Å². The first-order valence-electron chi connectivity index (χ1n) is 5.98. The number of rotatable bonds is 3. The van der Waals surface area contributed by atoms with E-state index in [1.54, 1.807) is 18.7 Å². The van der Waals surface area contributed by atoms with Crippen LogP contribution in [0.5, 0.6) is 0 Å². The summed E-state index contributed by atoms with van der Waals surface area (Å²) in [5, 5.41) is 0. The molecule has 0 saturated heterocycles. The van der Waals surface area contributed by atoms with E-state index in [4.69, 9.17) is 10.2 Å². The maximum atomic E-state index is 5.82. The standard InChI is InChI=1S/C13H15N5O/c1-9-10(3-6-19-9)7-17(2)13-12-15-4-5-18(12)8-11(14)16-13/h3-6,8H,7,14H2,1-2H3. The number of aromatic nitrogens is 3. The Morgan fingerprint density at radius 3 is 3.05 bits per heavy atom. The number of nitrogens with zero attached hydrogens (tertiary/aromatic N) is 4. The Hall–Kier alpha value is -2.50. The van der Waals surface area contributed by atoms with Gasteiger partial charge in [0.05, 0.1) is 12.5 Å². The number of imidazole rings is 1. The molecule has 0 unspecified atom stereocenters. The van der Waals surface area contributed by atoms with E-state index >= 15 is 0 Å². The van der Waals surface area contributed by atoms with Gasteiger partial charge in [-0.3, -0.25) is 0 Å². The maximum Gasteiger partial charge on any atom is 0.180 e. The van der Waals surface area contributed by atoms with Crippen molar-refractivity contribution in [2.75, 3.05) is 17.7 Å². The summed E-state index contributed by atoms with van der Waals surface area (Å²) in [6, 6.07) is 1.96. The van der Waals surface area contributed by atoms with Crippen LogP contribution in [0.2, 0.25) is 0 Å². The molecule has 0 amide bonds. The number of nitrogen functional groups attached to an aromatic ring is 1. The smallest absolute Gasteiger partial charge is 0.180 e. The van der Waals surface area contributed by atoms with Crippen LogP contribution in [-0.2, 0) is 6.54 Å². The van der Waals surface area contributed by atoms with E-state index < -0.39 is 0 Å². The van der Waals surface area contributed by atoms with Crippen molar-refractivity contribution in [2.45, 2.75) is 13.5 Å². The maximum absolute atomic E-state index is 5.82. The van der Waals surface area contributed by atoms with Crippen molar-refractivity contribution in [1.82, 2.24) is 14.4 Å². The van der Waals surface area contributed by atoms with E-state index in [-0.39, 0.29) is 0 Å². The number of aryl methyl sites for hydroxylation is 1. The van der Waals surface area contributed by atoms with E-state index in [1.165, 1.54) is 0 Å². The quantitative estimate of drug-likeness (QED) is 0.775. The molecule has 3 rings (SSSR count). The molecule has 98 valence electrons. The predicted octanol–water partition coefficient (Wildman–Crippen LogP) is 1.85. The monoisotopic (exact) mass is 257 g/mol. The van der Waals surface area contributed by atoms with E-state index in [9.17, 15) is 0 Å². The molecule has 3 heterocycles. The first-order chi connectivity index (χ1) is 9.15. The van der Waals surface area contributed by atoms with Gasteiger partial charge >= 0.3 is 0 Å². The van der Waals surface area contributed by atoms with E-state index in [2.05, 4.69) is 9.97 Å². The number of hydrogen-bond acceptors (Lipinski definition) is 5. The average Bonchev–Trinajstić information content (AvgIpc) is 2.98. The molecule has 0 bridgehead atoms. The summed E-state index contributed by atoms with van der Waals surface area (Å²) in [6.45, 7) is 2.64. The molecule has 0 aliphatic rings. The third kappa shape index (κ3) is 2.01. The van der Waals surface area contributed by atoms with Gasteiger partial charge in [0.1, 0.15) is 11.6 Å². The molecule has 0 radical (unpaired) electrons. The molecule has 0 atom stereocenters. The van der Waals surface area contributed by atoms with Crippen LogP contribution in [0.4, 0.5) is 11.6 Å². The molecule has 0 aliphatic carbocycles. The number of nitrogens with two attached hydrogens (primary N) is 1. The van der Waals surface area contributed by atoms with Gasteiger partial charge in [-0.15, -0.1) is 0 Å². The summed E-state index contributed by atoms with van der Waals surface area (Å²) in [5.74, 6) is 2.14. The van der Waals surface area contributed by atoms with Gasteiger partial charge in [-0.05, 0) is 13.0 Å². The zero-order chi connectivity index (χ0) is 13.4. The Kier molecular flexibility index (Phi) is 2.63. The lowest BCUT2D eigenvalue weighted by Crippen LogP contribution is -2.19. The number of fused-ring (bicyclic) bond motifs is 1. The Bertz CT molecular complexity index is 715. The van der Waals surface area contributed by atoms with Crippen LogP contribution in [0.15, 0.2) is 35.3 Å². The normalized spacial score (nSPS) is 11.1. The lowest BCUT2D eigenvalue weighted by molar-refractivity contribution is 0.529. The minimum absolute atomic E-state index is 0.469. The highest BCUT2D eigenvalue weighted by Crippen LogP contribution is 2.21. The van der Waals surface area contributed by atoms with Gasteiger partial charge in [0.2, 0.25) is 0 Å². The largest absolute Gasteiger partial charge is 0.469 e. The van der Waals surface area contributed by atoms with Gasteiger partial charge in [-0.1, -0.05) is 0 Å². The van der Waals surface area contributed by atoms with Crippen LogP contribution in [0.25, 0.3) is 5.65 Å².